The van der Waals surface area contributed by atoms with Crippen LogP contribution in [0.15, 0.2) is 18.2 Å². The average molecular weight is 299 g/mol. The zero-order valence-electron chi connectivity index (χ0n) is 12.3. The number of Topliss-reactive ketones (excluding diaryl/α,β-unsaturated/α-hetero) is 1. The SMILES string of the molecule is CCCCCCCCCCC(=O)c1cc(Cl)ccc1F. The van der Waals surface area contributed by atoms with Crippen LogP contribution in [0.2, 0.25) is 5.02 Å². The van der Waals surface area contributed by atoms with Crippen molar-refractivity contribution in [2.45, 2.75) is 64.7 Å². The number of hydrogen-bond donors (Lipinski definition) is 0. The fourth-order valence-corrected chi connectivity index (χ4v) is 2.44. The summed E-state index contributed by atoms with van der Waals surface area (Å²) in [6.07, 6.45) is 9.85. The molecule has 112 valence electrons. The van der Waals surface area contributed by atoms with Gasteiger partial charge in [0.1, 0.15) is 5.82 Å². The molecule has 20 heavy (non-hydrogen) atoms. The van der Waals surface area contributed by atoms with E-state index in [1.165, 1.54) is 50.3 Å². The highest BCUT2D eigenvalue weighted by Crippen LogP contribution is 2.18. The van der Waals surface area contributed by atoms with Crippen molar-refractivity contribution >= 4 is 17.4 Å². The smallest absolute Gasteiger partial charge is 0.165 e. The second-order valence-corrected chi connectivity index (χ2v) is 5.71. The number of halogens is 2. The van der Waals surface area contributed by atoms with E-state index in [-0.39, 0.29) is 11.3 Å². The number of benzene rings is 1. The molecule has 0 bridgehead atoms. The van der Waals surface area contributed by atoms with Gasteiger partial charge in [-0.3, -0.25) is 4.79 Å². The van der Waals surface area contributed by atoms with Crippen molar-refractivity contribution in [1.29, 1.82) is 0 Å². The number of carbonyl (C=O) groups excluding carboxylic acids is 1. The Morgan fingerprint density at radius 2 is 1.65 bits per heavy atom. The van der Waals surface area contributed by atoms with Crippen molar-refractivity contribution in [3.63, 3.8) is 0 Å². The zero-order chi connectivity index (χ0) is 14.8. The van der Waals surface area contributed by atoms with Crippen LogP contribution < -0.4 is 0 Å². The van der Waals surface area contributed by atoms with Gasteiger partial charge in [-0.2, -0.15) is 0 Å². The maximum atomic E-state index is 13.5. The average Bonchev–Trinajstić information content (AvgIpc) is 2.44. The van der Waals surface area contributed by atoms with Crippen LogP contribution >= 0.6 is 11.6 Å². The monoisotopic (exact) mass is 298 g/mol. The quantitative estimate of drug-likeness (QED) is 0.371. The van der Waals surface area contributed by atoms with Gasteiger partial charge in [-0.1, -0.05) is 63.5 Å². The molecule has 0 spiro atoms. The van der Waals surface area contributed by atoms with Crippen LogP contribution in [0.25, 0.3) is 0 Å². The molecule has 0 radical (unpaired) electrons. The van der Waals surface area contributed by atoms with Crippen molar-refractivity contribution in [2.24, 2.45) is 0 Å². The zero-order valence-corrected chi connectivity index (χ0v) is 13.0. The number of unbranched alkanes of at least 4 members (excludes halogenated alkanes) is 7. The molecule has 1 aromatic rings. The topological polar surface area (TPSA) is 17.1 Å². The molecule has 0 atom stereocenters. The third kappa shape index (κ3) is 6.51. The molecule has 0 saturated carbocycles. The van der Waals surface area contributed by atoms with E-state index in [9.17, 15) is 9.18 Å². The van der Waals surface area contributed by atoms with Gasteiger partial charge in [-0.15, -0.1) is 0 Å². The number of ketones is 1. The Kier molecular flexibility index (Phi) is 8.52. The van der Waals surface area contributed by atoms with Crippen molar-refractivity contribution in [1.82, 2.24) is 0 Å². The first-order valence-electron chi connectivity index (χ1n) is 7.63. The molecule has 0 aromatic heterocycles. The molecule has 0 unspecified atom stereocenters. The standard InChI is InChI=1S/C17H24ClFO/c1-2-3-4-5-6-7-8-9-10-17(20)15-13-14(18)11-12-16(15)19/h11-13H,2-10H2,1H3. The molecule has 0 saturated heterocycles. The number of carbonyl (C=O) groups is 1. The Hall–Kier alpha value is -0.890. The van der Waals surface area contributed by atoms with Gasteiger partial charge in [0.05, 0.1) is 5.56 Å². The van der Waals surface area contributed by atoms with Crippen LogP contribution in [-0.2, 0) is 0 Å². The molecule has 1 aromatic carbocycles. The van der Waals surface area contributed by atoms with Crippen LogP contribution in [-0.4, -0.2) is 5.78 Å². The summed E-state index contributed by atoms with van der Waals surface area (Å²) in [7, 11) is 0. The molecular weight excluding hydrogens is 275 g/mol. The summed E-state index contributed by atoms with van der Waals surface area (Å²) in [5.41, 5.74) is 0.125. The molecule has 1 rings (SSSR count). The summed E-state index contributed by atoms with van der Waals surface area (Å²) in [5, 5.41) is 0.408. The predicted molar refractivity (Wildman–Crippen MR) is 83.0 cm³/mol. The summed E-state index contributed by atoms with van der Waals surface area (Å²) in [6, 6.07) is 4.14. The molecular formula is C17H24ClFO. The molecule has 0 heterocycles. The lowest BCUT2D eigenvalue weighted by Gasteiger charge is -2.04. The summed E-state index contributed by atoms with van der Waals surface area (Å²) < 4.78 is 13.5. The predicted octanol–water partition coefficient (Wildman–Crippen LogP) is 6.19. The fourth-order valence-electron chi connectivity index (χ4n) is 2.27. The van der Waals surface area contributed by atoms with Crippen LogP contribution in [0.3, 0.4) is 0 Å². The number of rotatable bonds is 10. The molecule has 3 heteroatoms. The van der Waals surface area contributed by atoms with Crippen molar-refractivity contribution in [3.05, 3.63) is 34.6 Å². The maximum Gasteiger partial charge on any atom is 0.165 e. The Morgan fingerprint density at radius 3 is 2.30 bits per heavy atom. The van der Waals surface area contributed by atoms with E-state index < -0.39 is 5.82 Å². The lowest BCUT2D eigenvalue weighted by molar-refractivity contribution is 0.0975. The first-order valence-corrected chi connectivity index (χ1v) is 8.01. The summed E-state index contributed by atoms with van der Waals surface area (Å²) in [5.74, 6) is -0.616. The fraction of sp³-hybridized carbons (Fsp3) is 0.588. The Morgan fingerprint density at radius 1 is 1.05 bits per heavy atom. The maximum absolute atomic E-state index is 13.5. The third-order valence-corrected chi connectivity index (χ3v) is 3.72. The highest BCUT2D eigenvalue weighted by atomic mass is 35.5. The minimum absolute atomic E-state index is 0.125. The van der Waals surface area contributed by atoms with E-state index in [0.29, 0.717) is 11.4 Å². The van der Waals surface area contributed by atoms with E-state index in [1.54, 1.807) is 0 Å². The van der Waals surface area contributed by atoms with E-state index in [1.807, 2.05) is 0 Å². The first kappa shape index (κ1) is 17.2. The van der Waals surface area contributed by atoms with Crippen LogP contribution in [0.5, 0.6) is 0 Å². The van der Waals surface area contributed by atoms with Crippen molar-refractivity contribution in [3.8, 4) is 0 Å². The van der Waals surface area contributed by atoms with E-state index in [0.717, 1.165) is 19.3 Å². The first-order chi connectivity index (χ1) is 9.65. The largest absolute Gasteiger partial charge is 0.294 e. The van der Waals surface area contributed by atoms with Crippen LogP contribution in [0, 0.1) is 5.82 Å². The van der Waals surface area contributed by atoms with Crippen LogP contribution in [0.1, 0.15) is 75.1 Å². The van der Waals surface area contributed by atoms with Gasteiger partial charge < -0.3 is 0 Å². The molecule has 0 aliphatic heterocycles. The van der Waals surface area contributed by atoms with Crippen molar-refractivity contribution < 1.29 is 9.18 Å². The van der Waals surface area contributed by atoms with E-state index in [2.05, 4.69) is 6.92 Å². The minimum atomic E-state index is -0.473. The molecule has 0 N–H and O–H groups in total. The van der Waals surface area contributed by atoms with Gasteiger partial charge in [0.25, 0.3) is 0 Å². The van der Waals surface area contributed by atoms with Gasteiger partial charge in [0, 0.05) is 11.4 Å². The highest BCUT2D eigenvalue weighted by Gasteiger charge is 2.11. The molecule has 0 aliphatic carbocycles. The second-order valence-electron chi connectivity index (χ2n) is 5.27. The van der Waals surface area contributed by atoms with Gasteiger partial charge in [-0.25, -0.2) is 4.39 Å². The lowest BCUT2D eigenvalue weighted by atomic mass is 10.0. The Bertz CT molecular complexity index is 417. The van der Waals surface area contributed by atoms with Gasteiger partial charge in [0.15, 0.2) is 5.78 Å². The number of hydrogen-bond acceptors (Lipinski definition) is 1. The molecule has 0 fully saturated rings. The third-order valence-electron chi connectivity index (χ3n) is 3.49. The molecule has 1 nitrogen and oxygen atoms in total. The Balaban J connectivity index is 2.18. The molecule has 0 amide bonds. The summed E-state index contributed by atoms with van der Waals surface area (Å²) in [6.45, 7) is 2.21. The van der Waals surface area contributed by atoms with Gasteiger partial charge in [0.2, 0.25) is 0 Å². The molecule has 0 aliphatic rings. The van der Waals surface area contributed by atoms with Crippen LogP contribution in [0.4, 0.5) is 4.39 Å². The summed E-state index contributed by atoms with van der Waals surface area (Å²) >= 11 is 5.79. The summed E-state index contributed by atoms with van der Waals surface area (Å²) in [4.78, 5) is 11.9. The lowest BCUT2D eigenvalue weighted by Crippen LogP contribution is -2.02. The minimum Gasteiger partial charge on any atom is -0.294 e. The second kappa shape index (κ2) is 9.93. The van der Waals surface area contributed by atoms with E-state index >= 15 is 0 Å². The normalized spacial score (nSPS) is 10.8. The Labute approximate surface area is 126 Å². The van der Waals surface area contributed by atoms with Gasteiger partial charge >= 0.3 is 0 Å². The van der Waals surface area contributed by atoms with Gasteiger partial charge in [-0.05, 0) is 24.6 Å². The van der Waals surface area contributed by atoms with E-state index in [4.69, 9.17) is 11.6 Å². The highest BCUT2D eigenvalue weighted by molar-refractivity contribution is 6.31. The van der Waals surface area contributed by atoms with Crippen molar-refractivity contribution in [2.75, 3.05) is 0 Å².